The number of halogens is 1. The Balaban J connectivity index is 1.61. The van der Waals surface area contributed by atoms with Gasteiger partial charge in [-0.1, -0.05) is 6.07 Å². The molecule has 1 fully saturated rings. The standard InChI is InChI=1S/C25H23FN4O/c1-29-12-14-30(15-13-29)25(31)19-4-7-21-22(16-19)28-24(18-2-5-20(26)6-3-18)23(21)17-8-10-27-11-9-17/h2-11,16,28H,12-15H2,1H3. The van der Waals surface area contributed by atoms with Gasteiger partial charge in [0.05, 0.1) is 5.69 Å². The highest BCUT2D eigenvalue weighted by Gasteiger charge is 2.22. The predicted molar refractivity (Wildman–Crippen MR) is 120 cm³/mol. The SMILES string of the molecule is CN1CCN(C(=O)c2ccc3c(-c4ccncc4)c(-c4ccc(F)cc4)[nH]c3c2)CC1. The zero-order chi connectivity index (χ0) is 21.4. The van der Waals surface area contributed by atoms with Crippen LogP contribution in [-0.2, 0) is 0 Å². The number of nitrogens with one attached hydrogen (secondary N) is 1. The lowest BCUT2D eigenvalue weighted by molar-refractivity contribution is 0.0664. The van der Waals surface area contributed by atoms with E-state index in [2.05, 4.69) is 21.9 Å². The van der Waals surface area contributed by atoms with E-state index in [1.807, 2.05) is 35.2 Å². The molecule has 0 spiro atoms. The second-order valence-electron chi connectivity index (χ2n) is 7.97. The van der Waals surface area contributed by atoms with Gasteiger partial charge in [-0.2, -0.15) is 0 Å². The molecule has 2 aromatic carbocycles. The lowest BCUT2D eigenvalue weighted by Gasteiger charge is -2.32. The molecule has 5 nitrogen and oxygen atoms in total. The van der Waals surface area contributed by atoms with Gasteiger partial charge in [0, 0.05) is 60.6 Å². The zero-order valence-electron chi connectivity index (χ0n) is 17.3. The van der Waals surface area contributed by atoms with E-state index in [1.165, 1.54) is 12.1 Å². The highest BCUT2D eigenvalue weighted by Crippen LogP contribution is 2.38. The maximum atomic E-state index is 13.5. The van der Waals surface area contributed by atoms with E-state index < -0.39 is 0 Å². The molecular formula is C25H23FN4O. The van der Waals surface area contributed by atoms with Crippen molar-refractivity contribution in [1.29, 1.82) is 0 Å². The third kappa shape index (κ3) is 3.70. The number of rotatable bonds is 3. The second kappa shape index (κ2) is 7.96. The number of likely N-dealkylation sites (N-methyl/N-ethyl adjacent to an activating group) is 1. The summed E-state index contributed by atoms with van der Waals surface area (Å²) in [6.45, 7) is 3.25. The summed E-state index contributed by atoms with van der Waals surface area (Å²) >= 11 is 0. The Morgan fingerprint density at radius 3 is 2.35 bits per heavy atom. The number of fused-ring (bicyclic) bond motifs is 1. The normalized spacial score (nSPS) is 14.8. The van der Waals surface area contributed by atoms with Crippen LogP contribution in [0.4, 0.5) is 4.39 Å². The van der Waals surface area contributed by atoms with E-state index in [0.29, 0.717) is 5.56 Å². The molecule has 31 heavy (non-hydrogen) atoms. The number of hydrogen-bond acceptors (Lipinski definition) is 3. The average molecular weight is 414 g/mol. The predicted octanol–water partition coefficient (Wildman–Crippen LogP) is 4.42. The van der Waals surface area contributed by atoms with Crippen LogP contribution in [0.3, 0.4) is 0 Å². The monoisotopic (exact) mass is 414 g/mol. The van der Waals surface area contributed by atoms with Crippen LogP contribution in [0.15, 0.2) is 67.0 Å². The molecule has 3 heterocycles. The van der Waals surface area contributed by atoms with Gasteiger partial charge in [-0.15, -0.1) is 0 Å². The summed E-state index contributed by atoms with van der Waals surface area (Å²) in [6, 6.07) is 16.2. The fourth-order valence-electron chi connectivity index (χ4n) is 4.17. The van der Waals surface area contributed by atoms with E-state index >= 15 is 0 Å². The number of pyridine rings is 1. The molecule has 1 aliphatic rings. The minimum absolute atomic E-state index is 0.0541. The molecule has 2 aromatic heterocycles. The van der Waals surface area contributed by atoms with Gasteiger partial charge in [-0.25, -0.2) is 4.39 Å². The highest BCUT2D eigenvalue weighted by molar-refractivity contribution is 6.06. The molecule has 0 atom stereocenters. The van der Waals surface area contributed by atoms with Gasteiger partial charge in [0.25, 0.3) is 5.91 Å². The first-order chi connectivity index (χ1) is 15.1. The van der Waals surface area contributed by atoms with Crippen molar-refractivity contribution in [2.24, 2.45) is 0 Å². The summed E-state index contributed by atoms with van der Waals surface area (Å²) in [5.74, 6) is -0.219. The van der Waals surface area contributed by atoms with Gasteiger partial charge in [0.15, 0.2) is 0 Å². The van der Waals surface area contributed by atoms with Crippen LogP contribution in [0.5, 0.6) is 0 Å². The first-order valence-corrected chi connectivity index (χ1v) is 10.4. The molecular weight excluding hydrogens is 391 g/mol. The Morgan fingerprint density at radius 2 is 1.65 bits per heavy atom. The van der Waals surface area contributed by atoms with Crippen LogP contribution in [0.1, 0.15) is 10.4 Å². The molecule has 4 aromatic rings. The van der Waals surface area contributed by atoms with Crippen molar-refractivity contribution in [2.45, 2.75) is 0 Å². The quantitative estimate of drug-likeness (QED) is 0.540. The smallest absolute Gasteiger partial charge is 0.254 e. The van der Waals surface area contributed by atoms with Crippen molar-refractivity contribution in [2.75, 3.05) is 33.2 Å². The van der Waals surface area contributed by atoms with E-state index in [9.17, 15) is 9.18 Å². The topological polar surface area (TPSA) is 52.2 Å². The Hall–Kier alpha value is -3.51. The van der Waals surface area contributed by atoms with Crippen molar-refractivity contribution in [1.82, 2.24) is 19.8 Å². The minimum Gasteiger partial charge on any atom is -0.354 e. The van der Waals surface area contributed by atoms with Crippen molar-refractivity contribution < 1.29 is 9.18 Å². The molecule has 0 bridgehead atoms. The fraction of sp³-hybridized carbons (Fsp3) is 0.200. The van der Waals surface area contributed by atoms with Crippen molar-refractivity contribution >= 4 is 16.8 Å². The average Bonchev–Trinajstić information content (AvgIpc) is 3.19. The van der Waals surface area contributed by atoms with Gasteiger partial charge < -0.3 is 14.8 Å². The lowest BCUT2D eigenvalue weighted by Crippen LogP contribution is -2.47. The van der Waals surface area contributed by atoms with E-state index in [4.69, 9.17) is 0 Å². The van der Waals surface area contributed by atoms with Crippen LogP contribution in [0.2, 0.25) is 0 Å². The van der Waals surface area contributed by atoms with Crippen molar-refractivity contribution in [3.8, 4) is 22.4 Å². The molecule has 156 valence electrons. The third-order valence-corrected chi connectivity index (χ3v) is 5.94. The van der Waals surface area contributed by atoms with E-state index in [-0.39, 0.29) is 11.7 Å². The van der Waals surface area contributed by atoms with Crippen LogP contribution in [0, 0.1) is 5.82 Å². The molecule has 1 amide bonds. The van der Waals surface area contributed by atoms with Crippen LogP contribution in [0.25, 0.3) is 33.3 Å². The van der Waals surface area contributed by atoms with E-state index in [0.717, 1.165) is 59.5 Å². The number of aromatic nitrogens is 2. The van der Waals surface area contributed by atoms with Crippen LogP contribution >= 0.6 is 0 Å². The van der Waals surface area contributed by atoms with Gasteiger partial charge in [0.1, 0.15) is 5.82 Å². The molecule has 6 heteroatoms. The molecule has 1 N–H and O–H groups in total. The summed E-state index contributed by atoms with van der Waals surface area (Å²) in [5.41, 5.74) is 5.36. The van der Waals surface area contributed by atoms with E-state index in [1.54, 1.807) is 24.5 Å². The molecule has 0 radical (unpaired) electrons. The Kier molecular flexibility index (Phi) is 5.00. The molecule has 0 aliphatic carbocycles. The Morgan fingerprint density at radius 1 is 0.935 bits per heavy atom. The number of carbonyl (C=O) groups is 1. The maximum Gasteiger partial charge on any atom is 0.254 e. The summed E-state index contributed by atoms with van der Waals surface area (Å²) < 4.78 is 13.5. The second-order valence-corrected chi connectivity index (χ2v) is 7.97. The number of aromatic amines is 1. The minimum atomic E-state index is -0.273. The van der Waals surface area contributed by atoms with Crippen LogP contribution < -0.4 is 0 Å². The Labute approximate surface area is 180 Å². The molecule has 5 rings (SSSR count). The van der Waals surface area contributed by atoms with Crippen molar-refractivity contribution in [3.63, 3.8) is 0 Å². The molecule has 1 aliphatic heterocycles. The Bertz CT molecular complexity index is 1230. The number of carbonyl (C=O) groups excluding carboxylic acids is 1. The third-order valence-electron chi connectivity index (χ3n) is 5.94. The molecule has 0 unspecified atom stereocenters. The number of amides is 1. The molecule has 1 saturated heterocycles. The maximum absolute atomic E-state index is 13.5. The first-order valence-electron chi connectivity index (χ1n) is 10.4. The highest BCUT2D eigenvalue weighted by atomic mass is 19.1. The summed E-state index contributed by atoms with van der Waals surface area (Å²) in [4.78, 5) is 24.8. The zero-order valence-corrected chi connectivity index (χ0v) is 17.3. The van der Waals surface area contributed by atoms with Gasteiger partial charge >= 0.3 is 0 Å². The number of H-pyrrole nitrogens is 1. The summed E-state index contributed by atoms with van der Waals surface area (Å²) in [7, 11) is 2.07. The number of benzene rings is 2. The fourth-order valence-corrected chi connectivity index (χ4v) is 4.17. The van der Waals surface area contributed by atoms with Gasteiger partial charge in [0.2, 0.25) is 0 Å². The van der Waals surface area contributed by atoms with Crippen molar-refractivity contribution in [3.05, 3.63) is 78.4 Å². The molecule has 0 saturated carbocycles. The largest absolute Gasteiger partial charge is 0.354 e. The van der Waals surface area contributed by atoms with Gasteiger partial charge in [-0.3, -0.25) is 9.78 Å². The number of hydrogen-bond donors (Lipinski definition) is 1. The number of nitrogens with zero attached hydrogens (tertiary/aromatic N) is 3. The number of piperazine rings is 1. The summed E-state index contributed by atoms with van der Waals surface area (Å²) in [6.07, 6.45) is 3.52. The first kappa shape index (κ1) is 19.5. The van der Waals surface area contributed by atoms with Crippen LogP contribution in [-0.4, -0.2) is 58.9 Å². The lowest BCUT2D eigenvalue weighted by atomic mass is 9.98. The summed E-state index contributed by atoms with van der Waals surface area (Å²) in [5, 5.41) is 1.01. The van der Waals surface area contributed by atoms with Gasteiger partial charge in [-0.05, 0) is 66.7 Å².